The molecule has 0 saturated carbocycles. The van der Waals surface area contributed by atoms with E-state index in [2.05, 4.69) is 15.9 Å². The molecule has 1 aromatic rings. The summed E-state index contributed by atoms with van der Waals surface area (Å²) in [6.07, 6.45) is 0. The molecule has 0 saturated heterocycles. The standard InChI is InChI=1S/C10H11BrO3S/c1-7-4-9(11)3-2-8(7)5-15(14)6-10(12)13/h2-4H,5-6H2,1H3,(H,12,13)/t15-/m1/s1. The maximum Gasteiger partial charge on any atom is 0.316 e. The van der Waals surface area contributed by atoms with Gasteiger partial charge in [0.15, 0.2) is 0 Å². The average molecular weight is 291 g/mol. The van der Waals surface area contributed by atoms with Gasteiger partial charge in [-0.2, -0.15) is 0 Å². The average Bonchev–Trinajstić information content (AvgIpc) is 2.08. The van der Waals surface area contributed by atoms with E-state index < -0.39 is 16.8 Å². The number of aliphatic carboxylic acids is 1. The number of aryl methyl sites for hydroxylation is 1. The van der Waals surface area contributed by atoms with E-state index in [9.17, 15) is 9.00 Å². The Hall–Kier alpha value is -0.680. The van der Waals surface area contributed by atoms with Crippen LogP contribution in [0.25, 0.3) is 0 Å². The van der Waals surface area contributed by atoms with E-state index in [4.69, 9.17) is 5.11 Å². The third-order valence-corrected chi connectivity index (χ3v) is 3.60. The second kappa shape index (κ2) is 5.42. The summed E-state index contributed by atoms with van der Waals surface area (Å²) in [5, 5.41) is 8.47. The van der Waals surface area contributed by atoms with Gasteiger partial charge in [-0.15, -0.1) is 0 Å². The zero-order chi connectivity index (χ0) is 11.4. The molecular weight excluding hydrogens is 280 g/mol. The Morgan fingerprint density at radius 3 is 2.73 bits per heavy atom. The van der Waals surface area contributed by atoms with E-state index in [-0.39, 0.29) is 5.75 Å². The predicted octanol–water partition coefficient (Wildman–Crippen LogP) is 2.09. The largest absolute Gasteiger partial charge is 0.481 e. The van der Waals surface area contributed by atoms with E-state index in [0.717, 1.165) is 15.6 Å². The van der Waals surface area contributed by atoms with Gasteiger partial charge in [0.05, 0.1) is 0 Å². The Morgan fingerprint density at radius 1 is 1.53 bits per heavy atom. The summed E-state index contributed by atoms with van der Waals surface area (Å²) in [5.41, 5.74) is 1.95. The number of benzene rings is 1. The highest BCUT2D eigenvalue weighted by Crippen LogP contribution is 2.17. The molecule has 0 heterocycles. The summed E-state index contributed by atoms with van der Waals surface area (Å²) in [6, 6.07) is 5.65. The van der Waals surface area contributed by atoms with E-state index >= 15 is 0 Å². The van der Waals surface area contributed by atoms with E-state index in [1.807, 2.05) is 25.1 Å². The summed E-state index contributed by atoms with van der Waals surface area (Å²) < 4.78 is 12.3. The van der Waals surface area contributed by atoms with Gasteiger partial charge < -0.3 is 5.11 Å². The lowest BCUT2D eigenvalue weighted by molar-refractivity contribution is -0.133. The quantitative estimate of drug-likeness (QED) is 0.924. The highest BCUT2D eigenvalue weighted by molar-refractivity contribution is 9.10. The van der Waals surface area contributed by atoms with Crippen LogP contribution in [0.1, 0.15) is 11.1 Å². The van der Waals surface area contributed by atoms with Crippen LogP contribution in [-0.4, -0.2) is 21.0 Å². The second-order valence-corrected chi connectivity index (χ2v) is 5.57. The molecule has 0 unspecified atom stereocenters. The fourth-order valence-corrected chi connectivity index (χ4v) is 2.71. The maximum atomic E-state index is 11.4. The topological polar surface area (TPSA) is 54.4 Å². The van der Waals surface area contributed by atoms with Crippen molar-refractivity contribution in [2.24, 2.45) is 0 Å². The van der Waals surface area contributed by atoms with E-state index in [1.165, 1.54) is 0 Å². The number of carboxylic acid groups (broad SMARTS) is 1. The molecular formula is C10H11BrO3S. The Bertz CT molecular complexity index is 404. The third kappa shape index (κ3) is 4.13. The lowest BCUT2D eigenvalue weighted by atomic mass is 10.1. The highest BCUT2D eigenvalue weighted by atomic mass is 79.9. The molecule has 0 bridgehead atoms. The molecule has 0 radical (unpaired) electrons. The number of halogens is 1. The summed E-state index contributed by atoms with van der Waals surface area (Å²) >= 11 is 3.33. The van der Waals surface area contributed by atoms with Crippen LogP contribution in [0.2, 0.25) is 0 Å². The Balaban J connectivity index is 2.72. The molecule has 0 aliphatic rings. The zero-order valence-corrected chi connectivity index (χ0v) is 10.6. The van der Waals surface area contributed by atoms with Crippen LogP contribution in [-0.2, 0) is 21.3 Å². The summed E-state index contributed by atoms with van der Waals surface area (Å²) in [5.74, 6) is -1.02. The van der Waals surface area contributed by atoms with Crippen molar-refractivity contribution >= 4 is 32.7 Å². The minimum Gasteiger partial charge on any atom is -0.481 e. The molecule has 1 rings (SSSR count). The van der Waals surface area contributed by atoms with Gasteiger partial charge in [0.2, 0.25) is 0 Å². The summed E-state index contributed by atoms with van der Waals surface area (Å²) in [7, 11) is -1.33. The van der Waals surface area contributed by atoms with Crippen LogP contribution in [0.15, 0.2) is 22.7 Å². The maximum absolute atomic E-state index is 11.4. The molecule has 0 spiro atoms. The summed E-state index contributed by atoms with van der Waals surface area (Å²) in [6.45, 7) is 1.91. The normalized spacial score (nSPS) is 12.4. The first kappa shape index (κ1) is 12.4. The lowest BCUT2D eigenvalue weighted by Gasteiger charge is -2.05. The monoisotopic (exact) mass is 290 g/mol. The van der Waals surface area contributed by atoms with Crippen LogP contribution < -0.4 is 0 Å². The lowest BCUT2D eigenvalue weighted by Crippen LogP contribution is -2.11. The molecule has 0 aliphatic heterocycles. The minimum absolute atomic E-state index is 0.296. The van der Waals surface area contributed by atoms with Gasteiger partial charge in [-0.05, 0) is 30.2 Å². The zero-order valence-electron chi connectivity index (χ0n) is 8.20. The number of rotatable bonds is 4. The molecule has 0 aliphatic carbocycles. The Labute approximate surface area is 99.1 Å². The first-order chi connectivity index (χ1) is 6.99. The van der Waals surface area contributed by atoms with Crippen LogP contribution in [0.3, 0.4) is 0 Å². The molecule has 5 heteroatoms. The van der Waals surface area contributed by atoms with Crippen LogP contribution in [0, 0.1) is 6.92 Å². The van der Waals surface area contributed by atoms with Crippen LogP contribution >= 0.6 is 15.9 Å². The number of carbonyl (C=O) groups is 1. The van der Waals surface area contributed by atoms with Gasteiger partial charge in [-0.3, -0.25) is 9.00 Å². The minimum atomic E-state index is -1.33. The molecule has 1 atom stereocenters. The predicted molar refractivity (Wildman–Crippen MR) is 63.2 cm³/mol. The number of hydrogen-bond donors (Lipinski definition) is 1. The van der Waals surface area contributed by atoms with Crippen molar-refractivity contribution < 1.29 is 14.1 Å². The second-order valence-electron chi connectivity index (χ2n) is 3.19. The van der Waals surface area contributed by atoms with Crippen molar-refractivity contribution in [3.63, 3.8) is 0 Å². The Kier molecular flexibility index (Phi) is 4.47. The van der Waals surface area contributed by atoms with Crippen LogP contribution in [0.5, 0.6) is 0 Å². The van der Waals surface area contributed by atoms with Crippen molar-refractivity contribution in [1.82, 2.24) is 0 Å². The van der Waals surface area contributed by atoms with Gasteiger partial charge in [0.25, 0.3) is 0 Å². The van der Waals surface area contributed by atoms with Crippen molar-refractivity contribution in [3.05, 3.63) is 33.8 Å². The molecule has 1 N–H and O–H groups in total. The smallest absolute Gasteiger partial charge is 0.316 e. The first-order valence-electron chi connectivity index (χ1n) is 4.31. The van der Waals surface area contributed by atoms with Crippen molar-refractivity contribution in [1.29, 1.82) is 0 Å². The first-order valence-corrected chi connectivity index (χ1v) is 6.59. The fourth-order valence-electron chi connectivity index (χ4n) is 1.18. The van der Waals surface area contributed by atoms with Crippen molar-refractivity contribution in [3.8, 4) is 0 Å². The molecule has 1 aromatic carbocycles. The molecule has 3 nitrogen and oxygen atoms in total. The fraction of sp³-hybridized carbons (Fsp3) is 0.300. The molecule has 0 amide bonds. The number of carboxylic acids is 1. The van der Waals surface area contributed by atoms with E-state index in [0.29, 0.717) is 5.75 Å². The highest BCUT2D eigenvalue weighted by Gasteiger charge is 2.08. The van der Waals surface area contributed by atoms with Gasteiger partial charge in [-0.1, -0.05) is 22.0 Å². The summed E-state index contributed by atoms with van der Waals surface area (Å²) in [4.78, 5) is 10.3. The molecule has 0 aromatic heterocycles. The SMILES string of the molecule is Cc1cc(Br)ccc1C[S@@](=O)CC(=O)O. The molecule has 0 fully saturated rings. The number of hydrogen-bond acceptors (Lipinski definition) is 2. The van der Waals surface area contributed by atoms with Crippen molar-refractivity contribution in [2.45, 2.75) is 12.7 Å². The van der Waals surface area contributed by atoms with Crippen LogP contribution in [0.4, 0.5) is 0 Å². The van der Waals surface area contributed by atoms with Gasteiger partial charge in [0.1, 0.15) is 5.75 Å². The third-order valence-electron chi connectivity index (χ3n) is 1.91. The molecule has 15 heavy (non-hydrogen) atoms. The van der Waals surface area contributed by atoms with Gasteiger partial charge in [0, 0.05) is 21.0 Å². The van der Waals surface area contributed by atoms with Gasteiger partial charge >= 0.3 is 5.97 Å². The molecule has 82 valence electrons. The Morgan fingerprint density at radius 2 is 2.20 bits per heavy atom. The van der Waals surface area contributed by atoms with Gasteiger partial charge in [-0.25, -0.2) is 0 Å². The van der Waals surface area contributed by atoms with Crippen molar-refractivity contribution in [2.75, 3.05) is 5.75 Å². The van der Waals surface area contributed by atoms with E-state index in [1.54, 1.807) is 0 Å².